The number of hydrogen-bond donors (Lipinski definition) is 1. The van der Waals surface area contributed by atoms with E-state index >= 15 is 0 Å². The Hall–Kier alpha value is -1.46. The SMILES string of the molecule is CNCc1nnc(Oc2ccccc2C(C)(C)C)s1. The molecule has 1 heterocycles. The molecule has 0 radical (unpaired) electrons. The fraction of sp³-hybridized carbons (Fsp3) is 0.429. The van der Waals surface area contributed by atoms with Crippen molar-refractivity contribution in [2.45, 2.75) is 32.7 Å². The van der Waals surface area contributed by atoms with Crippen LogP contribution in [0.1, 0.15) is 31.3 Å². The van der Waals surface area contributed by atoms with Crippen LogP contribution in [-0.2, 0) is 12.0 Å². The number of rotatable bonds is 4. The average Bonchev–Trinajstić information content (AvgIpc) is 2.76. The quantitative estimate of drug-likeness (QED) is 0.931. The summed E-state index contributed by atoms with van der Waals surface area (Å²) < 4.78 is 5.88. The molecule has 0 aliphatic rings. The standard InChI is InChI=1S/C14H19N3OS/c1-14(2,3)10-7-5-6-8-11(10)18-13-17-16-12(19-13)9-15-4/h5-8,15H,9H2,1-4H3. The number of benzene rings is 1. The summed E-state index contributed by atoms with van der Waals surface area (Å²) in [6.45, 7) is 7.22. The van der Waals surface area contributed by atoms with Gasteiger partial charge in [0.05, 0.1) is 0 Å². The zero-order valence-corrected chi connectivity index (χ0v) is 12.5. The van der Waals surface area contributed by atoms with E-state index in [1.165, 1.54) is 16.9 Å². The van der Waals surface area contributed by atoms with Crippen LogP contribution in [0.4, 0.5) is 0 Å². The second-order valence-corrected chi connectivity index (χ2v) is 6.36. The number of nitrogens with one attached hydrogen (secondary N) is 1. The highest BCUT2D eigenvalue weighted by Crippen LogP contribution is 2.34. The molecule has 0 spiro atoms. The fourth-order valence-electron chi connectivity index (χ4n) is 1.77. The van der Waals surface area contributed by atoms with E-state index in [4.69, 9.17) is 4.74 Å². The summed E-state index contributed by atoms with van der Waals surface area (Å²) in [4.78, 5) is 0. The molecule has 4 nitrogen and oxygen atoms in total. The second-order valence-electron chi connectivity index (χ2n) is 5.34. The minimum absolute atomic E-state index is 0.0368. The van der Waals surface area contributed by atoms with Gasteiger partial charge in [0.25, 0.3) is 5.19 Å². The molecule has 0 amide bonds. The van der Waals surface area contributed by atoms with Gasteiger partial charge in [0.15, 0.2) is 0 Å². The number of aromatic nitrogens is 2. The zero-order valence-electron chi connectivity index (χ0n) is 11.7. The summed E-state index contributed by atoms with van der Waals surface area (Å²) in [5.41, 5.74) is 1.20. The molecule has 2 aromatic rings. The highest BCUT2D eigenvalue weighted by Gasteiger charge is 2.19. The lowest BCUT2D eigenvalue weighted by Crippen LogP contribution is -2.12. The lowest BCUT2D eigenvalue weighted by atomic mass is 9.86. The van der Waals surface area contributed by atoms with Crippen LogP contribution in [0, 0.1) is 0 Å². The van der Waals surface area contributed by atoms with Gasteiger partial charge >= 0.3 is 0 Å². The molecule has 0 saturated carbocycles. The third kappa shape index (κ3) is 3.52. The topological polar surface area (TPSA) is 47.0 Å². The smallest absolute Gasteiger partial charge is 0.299 e. The zero-order chi connectivity index (χ0) is 13.9. The van der Waals surface area contributed by atoms with Crippen molar-refractivity contribution in [2.75, 3.05) is 7.05 Å². The van der Waals surface area contributed by atoms with Gasteiger partial charge in [-0.1, -0.05) is 55.4 Å². The van der Waals surface area contributed by atoms with Gasteiger partial charge in [-0.15, -0.1) is 5.10 Å². The Labute approximate surface area is 117 Å². The molecule has 2 rings (SSSR count). The summed E-state index contributed by atoms with van der Waals surface area (Å²) in [5.74, 6) is 0.849. The van der Waals surface area contributed by atoms with Crippen molar-refractivity contribution in [1.82, 2.24) is 15.5 Å². The van der Waals surface area contributed by atoms with Crippen LogP contribution in [0.3, 0.4) is 0 Å². The molecule has 1 aromatic heterocycles. The molecule has 0 atom stereocenters. The monoisotopic (exact) mass is 277 g/mol. The summed E-state index contributed by atoms with van der Waals surface area (Å²) >= 11 is 1.46. The van der Waals surface area contributed by atoms with Crippen molar-refractivity contribution in [1.29, 1.82) is 0 Å². The van der Waals surface area contributed by atoms with Crippen molar-refractivity contribution >= 4 is 11.3 Å². The Balaban J connectivity index is 2.23. The van der Waals surface area contributed by atoms with Crippen LogP contribution >= 0.6 is 11.3 Å². The van der Waals surface area contributed by atoms with E-state index < -0.39 is 0 Å². The van der Waals surface area contributed by atoms with Crippen LogP contribution < -0.4 is 10.1 Å². The van der Waals surface area contributed by atoms with Gasteiger partial charge in [0.1, 0.15) is 10.8 Å². The largest absolute Gasteiger partial charge is 0.429 e. The number of para-hydroxylation sites is 1. The highest BCUT2D eigenvalue weighted by atomic mass is 32.1. The predicted octanol–water partition coefficient (Wildman–Crippen LogP) is 3.35. The maximum Gasteiger partial charge on any atom is 0.299 e. The summed E-state index contributed by atoms with van der Waals surface area (Å²) in [6.07, 6.45) is 0. The first kappa shape index (κ1) is 14.0. The Morgan fingerprint density at radius 2 is 1.95 bits per heavy atom. The summed E-state index contributed by atoms with van der Waals surface area (Å²) in [6, 6.07) is 8.06. The average molecular weight is 277 g/mol. The first-order valence-corrected chi connectivity index (χ1v) is 7.06. The van der Waals surface area contributed by atoms with Crippen LogP contribution in [0.2, 0.25) is 0 Å². The molecule has 0 aliphatic heterocycles. The molecule has 102 valence electrons. The van der Waals surface area contributed by atoms with Crippen LogP contribution in [0.5, 0.6) is 10.9 Å². The Bertz CT molecular complexity index is 546. The van der Waals surface area contributed by atoms with Gasteiger partial charge in [-0.05, 0) is 18.5 Å². The molecule has 1 aromatic carbocycles. The third-order valence-electron chi connectivity index (χ3n) is 2.67. The Kier molecular flexibility index (Phi) is 4.17. The van der Waals surface area contributed by atoms with Crippen LogP contribution in [-0.4, -0.2) is 17.2 Å². The first-order chi connectivity index (χ1) is 9.00. The number of hydrogen-bond acceptors (Lipinski definition) is 5. The second kappa shape index (κ2) is 5.67. The molecule has 0 bridgehead atoms. The first-order valence-electron chi connectivity index (χ1n) is 6.25. The van der Waals surface area contributed by atoms with E-state index in [1.54, 1.807) is 0 Å². The maximum absolute atomic E-state index is 5.88. The minimum Gasteiger partial charge on any atom is -0.429 e. The molecule has 0 aliphatic carbocycles. The molecule has 0 unspecified atom stereocenters. The van der Waals surface area contributed by atoms with Crippen molar-refractivity contribution in [3.63, 3.8) is 0 Å². The van der Waals surface area contributed by atoms with E-state index in [-0.39, 0.29) is 5.41 Å². The van der Waals surface area contributed by atoms with Gasteiger partial charge in [0, 0.05) is 12.1 Å². The number of nitrogens with zero attached hydrogens (tertiary/aromatic N) is 2. The van der Waals surface area contributed by atoms with Gasteiger partial charge < -0.3 is 10.1 Å². The fourth-order valence-corrected chi connectivity index (χ4v) is 2.48. The van der Waals surface area contributed by atoms with Gasteiger partial charge in [-0.3, -0.25) is 0 Å². The van der Waals surface area contributed by atoms with Crippen LogP contribution in [0.25, 0.3) is 0 Å². The van der Waals surface area contributed by atoms with Crippen LogP contribution in [0.15, 0.2) is 24.3 Å². The highest BCUT2D eigenvalue weighted by molar-refractivity contribution is 7.13. The van der Waals surface area contributed by atoms with E-state index in [0.717, 1.165) is 10.8 Å². The van der Waals surface area contributed by atoms with E-state index in [1.807, 2.05) is 25.2 Å². The van der Waals surface area contributed by atoms with Crippen molar-refractivity contribution < 1.29 is 4.74 Å². The molecule has 5 heteroatoms. The molecular weight excluding hydrogens is 258 g/mol. The van der Waals surface area contributed by atoms with E-state index in [9.17, 15) is 0 Å². The molecule has 19 heavy (non-hydrogen) atoms. The number of ether oxygens (including phenoxy) is 1. The molecule has 0 fully saturated rings. The van der Waals surface area contributed by atoms with Crippen molar-refractivity contribution in [3.8, 4) is 10.9 Å². The van der Waals surface area contributed by atoms with Crippen molar-refractivity contribution in [2.24, 2.45) is 0 Å². The predicted molar refractivity (Wildman–Crippen MR) is 77.9 cm³/mol. The third-order valence-corrected chi connectivity index (χ3v) is 3.47. The lowest BCUT2D eigenvalue weighted by molar-refractivity contribution is 0.448. The normalized spacial score (nSPS) is 11.6. The Morgan fingerprint density at radius 3 is 2.63 bits per heavy atom. The van der Waals surface area contributed by atoms with Gasteiger partial charge in [-0.25, -0.2) is 0 Å². The lowest BCUT2D eigenvalue weighted by Gasteiger charge is -2.21. The summed E-state index contributed by atoms with van der Waals surface area (Å²) in [5, 5.41) is 12.7. The van der Waals surface area contributed by atoms with E-state index in [2.05, 4.69) is 42.4 Å². The minimum atomic E-state index is 0.0368. The molecule has 1 N–H and O–H groups in total. The molecular formula is C14H19N3OS. The molecule has 0 saturated heterocycles. The van der Waals surface area contributed by atoms with Crippen molar-refractivity contribution in [3.05, 3.63) is 34.8 Å². The summed E-state index contributed by atoms with van der Waals surface area (Å²) in [7, 11) is 1.89. The maximum atomic E-state index is 5.88. The van der Waals surface area contributed by atoms with Gasteiger partial charge in [-0.2, -0.15) is 0 Å². The Morgan fingerprint density at radius 1 is 1.21 bits per heavy atom. The van der Waals surface area contributed by atoms with E-state index in [0.29, 0.717) is 11.7 Å². The van der Waals surface area contributed by atoms with Gasteiger partial charge in [0.2, 0.25) is 0 Å².